The fourth-order valence-electron chi connectivity index (χ4n) is 5.25. The van der Waals surface area contributed by atoms with Crippen LogP contribution in [0.15, 0.2) is 48.5 Å². The van der Waals surface area contributed by atoms with Crippen molar-refractivity contribution in [1.82, 2.24) is 4.90 Å². The molecule has 4 nitrogen and oxygen atoms in total. The summed E-state index contributed by atoms with van der Waals surface area (Å²) in [4.78, 5) is 17.2. The molecule has 2 fully saturated rings. The molecule has 0 atom stereocenters. The lowest BCUT2D eigenvalue weighted by Gasteiger charge is -2.35. The van der Waals surface area contributed by atoms with Crippen LogP contribution in [0.4, 0.5) is 5.69 Å². The molecule has 1 aliphatic carbocycles. The Morgan fingerprint density at radius 1 is 0.800 bits per heavy atom. The second-order valence-electron chi connectivity index (χ2n) is 9.10. The Morgan fingerprint density at radius 2 is 1.43 bits per heavy atom. The van der Waals surface area contributed by atoms with Gasteiger partial charge in [-0.2, -0.15) is 0 Å². The van der Waals surface area contributed by atoms with E-state index >= 15 is 0 Å². The first-order valence-electron chi connectivity index (χ1n) is 11.6. The van der Waals surface area contributed by atoms with Crippen LogP contribution >= 0.6 is 0 Å². The average molecular weight is 405 g/mol. The summed E-state index contributed by atoms with van der Waals surface area (Å²) in [5.74, 6) is 1.61. The smallest absolute Gasteiger partial charge is 0.225 e. The number of carbonyl (C=O) groups is 1. The number of fused-ring (bicyclic) bond motifs is 1. The zero-order valence-electron chi connectivity index (χ0n) is 17.8. The predicted molar refractivity (Wildman–Crippen MR) is 120 cm³/mol. The van der Waals surface area contributed by atoms with Gasteiger partial charge >= 0.3 is 0 Å². The number of rotatable bonds is 4. The first-order valence-corrected chi connectivity index (χ1v) is 11.6. The average Bonchev–Trinajstić information content (AvgIpc) is 3.25. The van der Waals surface area contributed by atoms with Crippen LogP contribution in [0.2, 0.25) is 0 Å². The van der Waals surface area contributed by atoms with Gasteiger partial charge in [-0.3, -0.25) is 4.79 Å². The number of amides is 1. The van der Waals surface area contributed by atoms with Crippen LogP contribution in [0.1, 0.15) is 56.1 Å². The van der Waals surface area contributed by atoms with Crippen LogP contribution in [0.25, 0.3) is 0 Å². The Balaban J connectivity index is 1.12. The Labute approximate surface area is 179 Å². The standard InChI is InChI=1S/C26H32N2O2/c29-26(20-6-2-1-3-7-20)27-16-14-25(15-17-27)30-24-12-10-23(11-13-24)28-18-21-8-4-5-9-22(21)19-28/h4-5,8-13,20,25H,1-3,6-7,14-19H2. The molecule has 4 heteroatoms. The molecule has 0 radical (unpaired) electrons. The summed E-state index contributed by atoms with van der Waals surface area (Å²) in [5, 5.41) is 0. The Kier molecular flexibility index (Phi) is 5.65. The third kappa shape index (κ3) is 4.19. The van der Waals surface area contributed by atoms with Gasteiger partial charge in [0.25, 0.3) is 0 Å². The molecule has 1 saturated carbocycles. The molecular formula is C26H32N2O2. The molecule has 30 heavy (non-hydrogen) atoms. The van der Waals surface area contributed by atoms with E-state index in [2.05, 4.69) is 58.3 Å². The van der Waals surface area contributed by atoms with Crippen molar-refractivity contribution in [2.24, 2.45) is 5.92 Å². The maximum atomic E-state index is 12.7. The van der Waals surface area contributed by atoms with E-state index in [1.165, 1.54) is 36.1 Å². The number of likely N-dealkylation sites (tertiary alicyclic amines) is 1. The summed E-state index contributed by atoms with van der Waals surface area (Å²) >= 11 is 0. The minimum absolute atomic E-state index is 0.210. The van der Waals surface area contributed by atoms with Crippen molar-refractivity contribution >= 4 is 11.6 Å². The summed E-state index contributed by atoms with van der Waals surface area (Å²) < 4.78 is 6.25. The quantitative estimate of drug-likeness (QED) is 0.706. The van der Waals surface area contributed by atoms with Crippen molar-refractivity contribution in [3.8, 4) is 5.75 Å². The monoisotopic (exact) mass is 404 g/mol. The van der Waals surface area contributed by atoms with Gasteiger partial charge in [0.2, 0.25) is 5.91 Å². The minimum atomic E-state index is 0.210. The van der Waals surface area contributed by atoms with E-state index in [1.54, 1.807) is 0 Å². The van der Waals surface area contributed by atoms with Gasteiger partial charge in [-0.25, -0.2) is 0 Å². The lowest BCUT2D eigenvalue weighted by molar-refractivity contribution is -0.138. The molecule has 2 aromatic carbocycles. The van der Waals surface area contributed by atoms with Gasteiger partial charge in [0.15, 0.2) is 0 Å². The van der Waals surface area contributed by atoms with E-state index in [-0.39, 0.29) is 12.0 Å². The molecule has 0 bridgehead atoms. The maximum Gasteiger partial charge on any atom is 0.225 e. The molecule has 0 unspecified atom stereocenters. The van der Waals surface area contributed by atoms with Crippen molar-refractivity contribution in [3.63, 3.8) is 0 Å². The van der Waals surface area contributed by atoms with E-state index < -0.39 is 0 Å². The highest BCUT2D eigenvalue weighted by Gasteiger charge is 2.29. The number of nitrogens with zero attached hydrogens (tertiary/aromatic N) is 2. The molecule has 2 heterocycles. The van der Waals surface area contributed by atoms with Crippen LogP contribution in [0, 0.1) is 5.92 Å². The number of carbonyl (C=O) groups excluding carboxylic acids is 1. The second kappa shape index (κ2) is 8.71. The number of anilines is 1. The lowest BCUT2D eigenvalue weighted by Crippen LogP contribution is -2.44. The van der Waals surface area contributed by atoms with Gasteiger partial charge in [0, 0.05) is 50.6 Å². The van der Waals surface area contributed by atoms with Crippen LogP contribution in [-0.2, 0) is 17.9 Å². The minimum Gasteiger partial charge on any atom is -0.490 e. The summed E-state index contributed by atoms with van der Waals surface area (Å²) in [6.07, 6.45) is 7.98. The molecular weight excluding hydrogens is 372 g/mol. The number of ether oxygens (including phenoxy) is 1. The van der Waals surface area contributed by atoms with Crippen molar-refractivity contribution < 1.29 is 9.53 Å². The molecule has 0 spiro atoms. The zero-order chi connectivity index (χ0) is 20.3. The van der Waals surface area contributed by atoms with Gasteiger partial charge in [-0.1, -0.05) is 43.5 Å². The lowest BCUT2D eigenvalue weighted by atomic mass is 9.88. The second-order valence-corrected chi connectivity index (χ2v) is 9.10. The topological polar surface area (TPSA) is 32.8 Å². The van der Waals surface area contributed by atoms with Gasteiger partial charge in [0.05, 0.1) is 0 Å². The molecule has 2 aliphatic heterocycles. The molecule has 158 valence electrons. The third-order valence-electron chi connectivity index (χ3n) is 7.05. The van der Waals surface area contributed by atoms with E-state index in [0.717, 1.165) is 57.6 Å². The fraction of sp³-hybridized carbons (Fsp3) is 0.500. The third-order valence-corrected chi connectivity index (χ3v) is 7.05. The van der Waals surface area contributed by atoms with E-state index in [1.807, 2.05) is 0 Å². The highest BCUT2D eigenvalue weighted by Crippen LogP contribution is 2.30. The molecule has 1 amide bonds. The van der Waals surface area contributed by atoms with Crippen LogP contribution in [0.5, 0.6) is 5.75 Å². The van der Waals surface area contributed by atoms with Crippen molar-refractivity contribution in [2.45, 2.75) is 64.1 Å². The van der Waals surface area contributed by atoms with Gasteiger partial charge < -0.3 is 14.5 Å². The molecule has 3 aliphatic rings. The van der Waals surface area contributed by atoms with Crippen LogP contribution < -0.4 is 9.64 Å². The number of hydrogen-bond acceptors (Lipinski definition) is 3. The first kappa shape index (κ1) is 19.5. The molecule has 0 N–H and O–H groups in total. The normalized spacial score (nSPS) is 20.3. The molecule has 5 rings (SSSR count). The Morgan fingerprint density at radius 3 is 2.07 bits per heavy atom. The fourth-order valence-corrected chi connectivity index (χ4v) is 5.25. The summed E-state index contributed by atoms with van der Waals surface area (Å²) in [6, 6.07) is 17.2. The summed E-state index contributed by atoms with van der Waals surface area (Å²) in [6.45, 7) is 3.63. The largest absolute Gasteiger partial charge is 0.490 e. The Bertz CT molecular complexity index is 840. The van der Waals surface area contributed by atoms with Gasteiger partial charge in [0.1, 0.15) is 11.9 Å². The highest BCUT2D eigenvalue weighted by molar-refractivity contribution is 5.79. The van der Waals surface area contributed by atoms with Gasteiger partial charge in [-0.15, -0.1) is 0 Å². The van der Waals surface area contributed by atoms with Crippen molar-refractivity contribution in [1.29, 1.82) is 0 Å². The van der Waals surface area contributed by atoms with Gasteiger partial charge in [-0.05, 0) is 48.2 Å². The highest BCUT2D eigenvalue weighted by atomic mass is 16.5. The first-order chi connectivity index (χ1) is 14.8. The van der Waals surface area contributed by atoms with Crippen molar-refractivity contribution in [3.05, 3.63) is 59.7 Å². The maximum absolute atomic E-state index is 12.7. The number of hydrogen-bond donors (Lipinski definition) is 0. The number of benzene rings is 2. The predicted octanol–water partition coefficient (Wildman–Crippen LogP) is 5.16. The van der Waals surface area contributed by atoms with E-state index in [0.29, 0.717) is 5.91 Å². The summed E-state index contributed by atoms with van der Waals surface area (Å²) in [5.41, 5.74) is 4.09. The molecule has 0 aromatic heterocycles. The van der Waals surface area contributed by atoms with Crippen molar-refractivity contribution in [2.75, 3.05) is 18.0 Å². The SMILES string of the molecule is O=C(C1CCCCC1)N1CCC(Oc2ccc(N3Cc4ccccc4C3)cc2)CC1. The number of piperidine rings is 1. The Hall–Kier alpha value is -2.49. The molecule has 1 saturated heterocycles. The van der Waals surface area contributed by atoms with Crippen LogP contribution in [-0.4, -0.2) is 30.0 Å². The van der Waals surface area contributed by atoms with E-state index in [4.69, 9.17) is 4.74 Å². The summed E-state index contributed by atoms with van der Waals surface area (Å²) in [7, 11) is 0. The van der Waals surface area contributed by atoms with E-state index in [9.17, 15) is 4.79 Å². The molecule has 2 aromatic rings. The zero-order valence-corrected chi connectivity index (χ0v) is 17.8. The van der Waals surface area contributed by atoms with Crippen LogP contribution in [0.3, 0.4) is 0 Å².